The van der Waals surface area contributed by atoms with Gasteiger partial charge < -0.3 is 4.90 Å². The van der Waals surface area contributed by atoms with E-state index in [-0.39, 0.29) is 0 Å². The lowest BCUT2D eigenvalue weighted by atomic mass is 10.2. The van der Waals surface area contributed by atoms with Crippen LogP contribution >= 0.6 is 23.5 Å². The summed E-state index contributed by atoms with van der Waals surface area (Å²) < 4.78 is 0. The molecule has 4 heteroatoms. The Morgan fingerprint density at radius 3 is 2.33 bits per heavy atom. The predicted octanol–water partition coefficient (Wildman–Crippen LogP) is 2.93. The number of rotatable bonds is 4. The molecule has 1 fully saturated rings. The minimum absolute atomic E-state index is 0.425. The smallest absolute Gasteiger partial charge is 0.110 e. The van der Waals surface area contributed by atoms with Gasteiger partial charge >= 0.3 is 0 Å². The van der Waals surface area contributed by atoms with Crippen molar-refractivity contribution < 1.29 is 0 Å². The van der Waals surface area contributed by atoms with Gasteiger partial charge in [0, 0.05) is 29.8 Å². The summed E-state index contributed by atoms with van der Waals surface area (Å²) in [5.74, 6) is 3.31. The molecule has 0 aromatic heterocycles. The number of hydrogen-bond donors (Lipinski definition) is 1. The van der Waals surface area contributed by atoms with E-state index in [0.717, 1.165) is 18.9 Å². The van der Waals surface area contributed by atoms with Crippen molar-refractivity contribution in [1.82, 2.24) is 4.90 Å². The molecule has 1 N–H and O–H groups in total. The first-order valence-corrected chi connectivity index (χ1v) is 7.90. The van der Waals surface area contributed by atoms with E-state index in [1.165, 1.54) is 17.9 Å². The average Bonchev–Trinajstić information content (AvgIpc) is 2.30. The minimum atomic E-state index is 0.425. The fourth-order valence-electron chi connectivity index (χ4n) is 1.90. The lowest BCUT2D eigenvalue weighted by Gasteiger charge is -2.35. The molecule has 1 aliphatic heterocycles. The summed E-state index contributed by atoms with van der Waals surface area (Å²) in [7, 11) is 0. The van der Waals surface area contributed by atoms with Crippen LogP contribution in [0.4, 0.5) is 0 Å². The summed E-state index contributed by atoms with van der Waals surface area (Å²) in [4.78, 5) is 2.19. The molecule has 2 nitrogen and oxygen atoms in total. The topological polar surface area (TPSA) is 27.1 Å². The quantitative estimate of drug-likeness (QED) is 0.610. The summed E-state index contributed by atoms with van der Waals surface area (Å²) in [6.45, 7) is 8.45. The van der Waals surface area contributed by atoms with Gasteiger partial charge in [-0.15, -0.1) is 11.8 Å². The normalized spacial score (nSPS) is 26.3. The van der Waals surface area contributed by atoms with Gasteiger partial charge in [0.15, 0.2) is 0 Å². The van der Waals surface area contributed by atoms with Gasteiger partial charge in [0.2, 0.25) is 0 Å². The molecule has 0 saturated carbocycles. The molecule has 0 aromatic rings. The van der Waals surface area contributed by atoms with Crippen molar-refractivity contribution in [2.24, 2.45) is 0 Å². The zero-order chi connectivity index (χ0) is 11.3. The third-order valence-electron chi connectivity index (χ3n) is 2.83. The van der Waals surface area contributed by atoms with Gasteiger partial charge in [-0.2, -0.15) is 11.8 Å². The van der Waals surface area contributed by atoms with E-state index in [0.29, 0.717) is 10.5 Å². The van der Waals surface area contributed by atoms with Gasteiger partial charge in [-0.3, -0.25) is 5.41 Å². The molecule has 0 radical (unpaired) electrons. The summed E-state index contributed by atoms with van der Waals surface area (Å²) >= 11 is 4.03. The summed E-state index contributed by atoms with van der Waals surface area (Å²) in [5, 5.41) is 9.34. The molecule has 2 atom stereocenters. The van der Waals surface area contributed by atoms with Gasteiger partial charge in [0.05, 0.1) is 5.25 Å². The van der Waals surface area contributed by atoms with Crippen molar-refractivity contribution in [3.63, 3.8) is 0 Å². The molecule has 1 aliphatic rings. The van der Waals surface area contributed by atoms with Crippen molar-refractivity contribution in [3.05, 3.63) is 0 Å². The maximum atomic E-state index is 8.27. The van der Waals surface area contributed by atoms with E-state index in [4.69, 9.17) is 5.41 Å². The zero-order valence-corrected chi connectivity index (χ0v) is 11.6. The van der Waals surface area contributed by atoms with Crippen LogP contribution in [0.25, 0.3) is 0 Å². The zero-order valence-electron chi connectivity index (χ0n) is 9.95. The van der Waals surface area contributed by atoms with Crippen molar-refractivity contribution in [2.45, 2.75) is 37.7 Å². The molecule has 2 unspecified atom stereocenters. The Balaban J connectivity index is 2.62. The van der Waals surface area contributed by atoms with Gasteiger partial charge in [-0.1, -0.05) is 6.92 Å². The van der Waals surface area contributed by atoms with Gasteiger partial charge in [-0.25, -0.2) is 0 Å². The largest absolute Gasteiger partial charge is 0.360 e. The highest BCUT2D eigenvalue weighted by Crippen LogP contribution is 2.34. The van der Waals surface area contributed by atoms with Crippen molar-refractivity contribution in [3.8, 4) is 0 Å². The first-order valence-electron chi connectivity index (χ1n) is 5.81. The average molecular weight is 246 g/mol. The van der Waals surface area contributed by atoms with Crippen molar-refractivity contribution in [1.29, 1.82) is 5.41 Å². The highest BCUT2D eigenvalue weighted by atomic mass is 32.2. The lowest BCUT2D eigenvalue weighted by Crippen LogP contribution is -2.43. The second kappa shape index (κ2) is 6.69. The number of nitrogens with zero attached hydrogens (tertiary/aromatic N) is 1. The van der Waals surface area contributed by atoms with Crippen LogP contribution in [0.2, 0.25) is 0 Å². The van der Waals surface area contributed by atoms with Gasteiger partial charge in [0.25, 0.3) is 0 Å². The molecule has 0 aliphatic carbocycles. The monoisotopic (exact) mass is 246 g/mol. The third-order valence-corrected chi connectivity index (χ3v) is 6.08. The Kier molecular flexibility index (Phi) is 5.90. The molecule has 1 heterocycles. The Hall–Kier alpha value is 0.170. The molecule has 1 rings (SSSR count). The fourth-order valence-corrected chi connectivity index (χ4v) is 4.95. The number of hydrogen-bond acceptors (Lipinski definition) is 3. The van der Waals surface area contributed by atoms with Crippen LogP contribution in [0.3, 0.4) is 0 Å². The highest BCUT2D eigenvalue weighted by Gasteiger charge is 2.30. The summed E-state index contributed by atoms with van der Waals surface area (Å²) in [6, 6.07) is 0. The Bertz CT molecular complexity index is 205. The first-order chi connectivity index (χ1) is 7.24. The van der Waals surface area contributed by atoms with E-state index in [9.17, 15) is 0 Å². The standard InChI is InChI=1S/C11H22N2S2/c1-4-9-10(15-8-7-14-9)11(12)13(5-2)6-3/h9-10,12H,4-8H2,1-3H3. The van der Waals surface area contributed by atoms with E-state index in [1.807, 2.05) is 23.5 Å². The van der Waals surface area contributed by atoms with E-state index >= 15 is 0 Å². The SMILES string of the molecule is CCC1SCCSC1C(=N)N(CC)CC. The Morgan fingerprint density at radius 2 is 1.80 bits per heavy atom. The molecule has 0 aromatic carbocycles. The lowest BCUT2D eigenvalue weighted by molar-refractivity contribution is 0.451. The first kappa shape index (κ1) is 13.2. The van der Waals surface area contributed by atoms with Crippen molar-refractivity contribution >= 4 is 29.4 Å². The minimum Gasteiger partial charge on any atom is -0.360 e. The van der Waals surface area contributed by atoms with E-state index in [2.05, 4.69) is 25.7 Å². The number of thioether (sulfide) groups is 2. The molecule has 88 valence electrons. The van der Waals surface area contributed by atoms with Gasteiger partial charge in [-0.05, 0) is 20.3 Å². The number of amidine groups is 1. The van der Waals surface area contributed by atoms with E-state index < -0.39 is 0 Å². The fraction of sp³-hybridized carbons (Fsp3) is 0.909. The second-order valence-corrected chi connectivity index (χ2v) is 6.26. The van der Waals surface area contributed by atoms with Crippen LogP contribution in [-0.4, -0.2) is 45.8 Å². The molecule has 0 amide bonds. The van der Waals surface area contributed by atoms with E-state index in [1.54, 1.807) is 0 Å². The third kappa shape index (κ3) is 3.31. The van der Waals surface area contributed by atoms with Gasteiger partial charge in [0.1, 0.15) is 5.84 Å². The molecule has 15 heavy (non-hydrogen) atoms. The maximum Gasteiger partial charge on any atom is 0.110 e. The van der Waals surface area contributed by atoms with Crippen LogP contribution in [0.5, 0.6) is 0 Å². The molecule has 0 spiro atoms. The maximum absolute atomic E-state index is 8.27. The van der Waals surface area contributed by atoms with Crippen LogP contribution < -0.4 is 0 Å². The predicted molar refractivity (Wildman–Crippen MR) is 73.4 cm³/mol. The molecular formula is C11H22N2S2. The highest BCUT2D eigenvalue weighted by molar-refractivity contribution is 8.07. The van der Waals surface area contributed by atoms with Crippen molar-refractivity contribution in [2.75, 3.05) is 24.6 Å². The Labute approximate surface area is 102 Å². The van der Waals surface area contributed by atoms with Crippen LogP contribution in [0.1, 0.15) is 27.2 Å². The van der Waals surface area contributed by atoms with Crippen LogP contribution in [0, 0.1) is 5.41 Å². The Morgan fingerprint density at radius 1 is 1.20 bits per heavy atom. The molecule has 1 saturated heterocycles. The summed E-state index contributed by atoms with van der Waals surface area (Å²) in [6.07, 6.45) is 1.19. The number of nitrogens with one attached hydrogen (secondary N) is 1. The van der Waals surface area contributed by atoms with Crippen LogP contribution in [-0.2, 0) is 0 Å². The molecular weight excluding hydrogens is 224 g/mol. The second-order valence-electron chi connectivity index (χ2n) is 3.67. The molecule has 0 bridgehead atoms. The summed E-state index contributed by atoms with van der Waals surface area (Å²) in [5.41, 5.74) is 0. The van der Waals surface area contributed by atoms with Crippen LogP contribution in [0.15, 0.2) is 0 Å².